The van der Waals surface area contributed by atoms with E-state index in [1.54, 1.807) is 0 Å². The van der Waals surface area contributed by atoms with Crippen molar-refractivity contribution >= 4 is 0 Å². The average Bonchev–Trinajstić information content (AvgIpc) is 2.90. The maximum absolute atomic E-state index is 3.65. The molecule has 1 aromatic carbocycles. The minimum absolute atomic E-state index is 0.451. The highest BCUT2D eigenvalue weighted by Gasteiger charge is 2.15. The Balaban J connectivity index is 1.70. The van der Waals surface area contributed by atoms with Gasteiger partial charge in [-0.2, -0.15) is 0 Å². The van der Waals surface area contributed by atoms with Gasteiger partial charge in [0.15, 0.2) is 0 Å². The van der Waals surface area contributed by atoms with Crippen LogP contribution in [0, 0.1) is 5.92 Å². The molecule has 2 heteroatoms. The molecule has 0 bridgehead atoms. The van der Waals surface area contributed by atoms with Gasteiger partial charge in [0, 0.05) is 12.6 Å². The van der Waals surface area contributed by atoms with Gasteiger partial charge < -0.3 is 10.2 Å². The van der Waals surface area contributed by atoms with E-state index >= 15 is 0 Å². The van der Waals surface area contributed by atoms with Crippen molar-refractivity contribution in [3.05, 3.63) is 35.9 Å². The number of benzene rings is 1. The van der Waals surface area contributed by atoms with Gasteiger partial charge >= 0.3 is 0 Å². The minimum atomic E-state index is 0.451. The van der Waals surface area contributed by atoms with E-state index in [0.717, 1.165) is 12.5 Å². The minimum Gasteiger partial charge on any atom is -0.310 e. The molecule has 2 rings (SSSR count). The third-order valence-corrected chi connectivity index (χ3v) is 3.84. The lowest BCUT2D eigenvalue weighted by Gasteiger charge is -2.22. The summed E-state index contributed by atoms with van der Waals surface area (Å²) in [6.07, 6.45) is 2.78. The Morgan fingerprint density at radius 3 is 2.44 bits per heavy atom. The molecule has 0 aliphatic carbocycles. The van der Waals surface area contributed by atoms with Crippen molar-refractivity contribution in [1.82, 2.24) is 10.2 Å². The van der Waals surface area contributed by atoms with Crippen LogP contribution in [0.15, 0.2) is 30.3 Å². The molecule has 0 spiro atoms. The molecule has 1 N–H and O–H groups in total. The molecule has 0 radical (unpaired) electrons. The highest BCUT2D eigenvalue weighted by molar-refractivity contribution is 5.17. The third-order valence-electron chi connectivity index (χ3n) is 3.84. The van der Waals surface area contributed by atoms with Crippen LogP contribution in [0.3, 0.4) is 0 Å². The van der Waals surface area contributed by atoms with Crippen LogP contribution in [0.25, 0.3) is 0 Å². The van der Waals surface area contributed by atoms with Gasteiger partial charge in [-0.05, 0) is 50.9 Å². The molecule has 100 valence electrons. The lowest BCUT2D eigenvalue weighted by atomic mass is 10.1. The van der Waals surface area contributed by atoms with Crippen molar-refractivity contribution in [1.29, 1.82) is 0 Å². The van der Waals surface area contributed by atoms with E-state index in [1.165, 1.54) is 38.0 Å². The summed E-state index contributed by atoms with van der Waals surface area (Å²) < 4.78 is 0. The molecule has 18 heavy (non-hydrogen) atoms. The highest BCUT2D eigenvalue weighted by Crippen LogP contribution is 2.13. The van der Waals surface area contributed by atoms with Gasteiger partial charge in [-0.15, -0.1) is 0 Å². The van der Waals surface area contributed by atoms with Crippen molar-refractivity contribution < 1.29 is 0 Å². The third kappa shape index (κ3) is 4.11. The van der Waals surface area contributed by atoms with Crippen LogP contribution in [-0.4, -0.2) is 31.1 Å². The zero-order valence-corrected chi connectivity index (χ0v) is 11.7. The van der Waals surface area contributed by atoms with Crippen LogP contribution >= 0.6 is 0 Å². The summed E-state index contributed by atoms with van der Waals surface area (Å²) in [4.78, 5) is 2.60. The lowest BCUT2D eigenvalue weighted by Crippen LogP contribution is -2.32. The summed E-state index contributed by atoms with van der Waals surface area (Å²) in [5.74, 6) is 0.731. The zero-order chi connectivity index (χ0) is 12.8. The summed E-state index contributed by atoms with van der Waals surface area (Å²) in [6.45, 7) is 9.55. The first-order chi connectivity index (χ1) is 8.75. The van der Waals surface area contributed by atoms with Gasteiger partial charge in [-0.1, -0.05) is 37.3 Å². The second kappa shape index (κ2) is 6.91. The summed E-state index contributed by atoms with van der Waals surface area (Å²) in [5, 5.41) is 3.65. The number of likely N-dealkylation sites (tertiary alicyclic amines) is 1. The molecule has 2 unspecified atom stereocenters. The van der Waals surface area contributed by atoms with E-state index in [1.807, 2.05) is 0 Å². The Morgan fingerprint density at radius 2 is 1.78 bits per heavy atom. The standard InChI is InChI=1S/C16H26N2/c1-14(13-18-10-6-7-11-18)12-17-15(2)16-8-4-3-5-9-16/h3-5,8-9,14-15,17H,6-7,10-13H2,1-2H3. The summed E-state index contributed by atoms with van der Waals surface area (Å²) in [7, 11) is 0. The Hall–Kier alpha value is -0.860. The van der Waals surface area contributed by atoms with Crippen molar-refractivity contribution in [2.24, 2.45) is 5.92 Å². The fraction of sp³-hybridized carbons (Fsp3) is 0.625. The molecule has 1 heterocycles. The van der Waals surface area contributed by atoms with E-state index in [9.17, 15) is 0 Å². The van der Waals surface area contributed by atoms with Gasteiger partial charge in [-0.25, -0.2) is 0 Å². The summed E-state index contributed by atoms with van der Waals surface area (Å²) >= 11 is 0. The number of nitrogens with zero attached hydrogens (tertiary/aromatic N) is 1. The SMILES string of the molecule is CC(CNC(C)c1ccccc1)CN1CCCC1. The molecule has 1 aromatic rings. The predicted molar refractivity (Wildman–Crippen MR) is 77.7 cm³/mol. The molecule has 0 aromatic heterocycles. The maximum Gasteiger partial charge on any atom is 0.0291 e. The Kier molecular flexibility index (Phi) is 5.21. The van der Waals surface area contributed by atoms with E-state index < -0.39 is 0 Å². The van der Waals surface area contributed by atoms with Crippen LogP contribution in [0.1, 0.15) is 38.3 Å². The first kappa shape index (κ1) is 13.6. The molecule has 1 aliphatic heterocycles. The quantitative estimate of drug-likeness (QED) is 0.830. The summed E-state index contributed by atoms with van der Waals surface area (Å²) in [5.41, 5.74) is 1.38. The van der Waals surface area contributed by atoms with Crippen LogP contribution < -0.4 is 5.32 Å². The van der Waals surface area contributed by atoms with Gasteiger partial charge in [0.1, 0.15) is 0 Å². The summed E-state index contributed by atoms with van der Waals surface area (Å²) in [6, 6.07) is 11.1. The average molecular weight is 246 g/mol. The molecule has 1 saturated heterocycles. The Bertz CT molecular complexity index is 330. The fourth-order valence-electron chi connectivity index (χ4n) is 2.71. The molecule has 1 aliphatic rings. The first-order valence-electron chi connectivity index (χ1n) is 7.26. The molecule has 2 nitrogen and oxygen atoms in total. The fourth-order valence-corrected chi connectivity index (χ4v) is 2.71. The molecule has 2 atom stereocenters. The zero-order valence-electron chi connectivity index (χ0n) is 11.7. The van der Waals surface area contributed by atoms with Crippen LogP contribution in [-0.2, 0) is 0 Å². The largest absolute Gasteiger partial charge is 0.310 e. The topological polar surface area (TPSA) is 15.3 Å². The van der Waals surface area contributed by atoms with Crippen molar-refractivity contribution in [3.8, 4) is 0 Å². The molecule has 0 amide bonds. The van der Waals surface area contributed by atoms with Crippen LogP contribution in [0.5, 0.6) is 0 Å². The van der Waals surface area contributed by atoms with Crippen molar-refractivity contribution in [2.75, 3.05) is 26.2 Å². The second-order valence-electron chi connectivity index (χ2n) is 5.65. The van der Waals surface area contributed by atoms with E-state index in [0.29, 0.717) is 6.04 Å². The number of hydrogen-bond donors (Lipinski definition) is 1. The van der Waals surface area contributed by atoms with Crippen LogP contribution in [0.2, 0.25) is 0 Å². The second-order valence-corrected chi connectivity index (χ2v) is 5.65. The Morgan fingerprint density at radius 1 is 1.11 bits per heavy atom. The van der Waals surface area contributed by atoms with Gasteiger partial charge in [0.05, 0.1) is 0 Å². The molecular formula is C16H26N2. The van der Waals surface area contributed by atoms with E-state index in [4.69, 9.17) is 0 Å². The number of nitrogens with one attached hydrogen (secondary N) is 1. The van der Waals surface area contributed by atoms with E-state index in [2.05, 4.69) is 54.4 Å². The molecular weight excluding hydrogens is 220 g/mol. The predicted octanol–water partition coefficient (Wildman–Crippen LogP) is 3.07. The van der Waals surface area contributed by atoms with Gasteiger partial charge in [0.25, 0.3) is 0 Å². The van der Waals surface area contributed by atoms with Crippen molar-refractivity contribution in [3.63, 3.8) is 0 Å². The maximum atomic E-state index is 3.65. The number of rotatable bonds is 6. The smallest absolute Gasteiger partial charge is 0.0291 e. The Labute approximate surface area is 111 Å². The van der Waals surface area contributed by atoms with Crippen molar-refractivity contribution in [2.45, 2.75) is 32.7 Å². The van der Waals surface area contributed by atoms with E-state index in [-0.39, 0.29) is 0 Å². The highest BCUT2D eigenvalue weighted by atomic mass is 15.1. The number of hydrogen-bond acceptors (Lipinski definition) is 2. The molecule has 0 saturated carbocycles. The first-order valence-corrected chi connectivity index (χ1v) is 7.26. The normalized spacial score (nSPS) is 19.9. The molecule has 1 fully saturated rings. The lowest BCUT2D eigenvalue weighted by molar-refractivity contribution is 0.279. The van der Waals surface area contributed by atoms with Gasteiger partial charge in [-0.3, -0.25) is 0 Å². The van der Waals surface area contributed by atoms with Gasteiger partial charge in [0.2, 0.25) is 0 Å². The van der Waals surface area contributed by atoms with Crippen LogP contribution in [0.4, 0.5) is 0 Å². The monoisotopic (exact) mass is 246 g/mol.